The highest BCUT2D eigenvalue weighted by Crippen LogP contribution is 2.22. The molecule has 0 aliphatic rings. The molecule has 0 unspecified atom stereocenters. The van der Waals surface area contributed by atoms with Gasteiger partial charge in [-0.2, -0.15) is 0 Å². The van der Waals surface area contributed by atoms with Gasteiger partial charge in [0, 0.05) is 28.1 Å². The Morgan fingerprint density at radius 3 is 2.86 bits per heavy atom. The first-order valence-corrected chi connectivity index (χ1v) is 7.89. The number of nitrogens with zero attached hydrogens (tertiary/aromatic N) is 1. The maximum atomic E-state index is 12.4. The number of carbonyl (C=O) groups is 1. The SMILES string of the molecule is CCN[C@H](C)CNC(=O)c1cc(C)nc2ccc(Br)cc12. The first-order valence-electron chi connectivity index (χ1n) is 7.09. The highest BCUT2D eigenvalue weighted by atomic mass is 79.9. The number of likely N-dealkylation sites (N-methyl/N-ethyl adjacent to an activating group) is 1. The minimum atomic E-state index is -0.0617. The molecule has 0 fully saturated rings. The van der Waals surface area contributed by atoms with E-state index in [0.717, 1.165) is 27.6 Å². The molecule has 4 nitrogen and oxygen atoms in total. The fraction of sp³-hybridized carbons (Fsp3) is 0.375. The topological polar surface area (TPSA) is 54.0 Å². The standard InChI is InChI=1S/C16H20BrN3O/c1-4-18-11(3)9-19-16(21)14-7-10(2)20-15-6-5-12(17)8-13(14)15/h5-8,11,18H,4,9H2,1-3H3,(H,19,21)/t11-/m1/s1. The van der Waals surface area contributed by atoms with Crippen LogP contribution in [0.3, 0.4) is 0 Å². The van der Waals surface area contributed by atoms with Crippen molar-refractivity contribution in [1.82, 2.24) is 15.6 Å². The third kappa shape index (κ3) is 4.02. The van der Waals surface area contributed by atoms with Crippen LogP contribution < -0.4 is 10.6 Å². The van der Waals surface area contributed by atoms with Crippen molar-refractivity contribution in [2.24, 2.45) is 0 Å². The van der Waals surface area contributed by atoms with E-state index in [4.69, 9.17) is 0 Å². The van der Waals surface area contributed by atoms with Gasteiger partial charge in [-0.25, -0.2) is 0 Å². The normalized spacial score (nSPS) is 12.4. The third-order valence-electron chi connectivity index (χ3n) is 3.26. The van der Waals surface area contributed by atoms with Gasteiger partial charge in [-0.05, 0) is 44.7 Å². The quantitative estimate of drug-likeness (QED) is 0.872. The van der Waals surface area contributed by atoms with Gasteiger partial charge >= 0.3 is 0 Å². The number of rotatable bonds is 5. The molecule has 1 amide bonds. The molecule has 0 radical (unpaired) electrons. The van der Waals surface area contributed by atoms with E-state index >= 15 is 0 Å². The Balaban J connectivity index is 2.27. The first kappa shape index (κ1) is 15.9. The molecule has 0 saturated carbocycles. The van der Waals surface area contributed by atoms with Crippen LogP contribution in [0.5, 0.6) is 0 Å². The lowest BCUT2D eigenvalue weighted by Gasteiger charge is -2.14. The van der Waals surface area contributed by atoms with Crippen LogP contribution in [0.2, 0.25) is 0 Å². The van der Waals surface area contributed by atoms with Crippen molar-refractivity contribution in [3.63, 3.8) is 0 Å². The summed E-state index contributed by atoms with van der Waals surface area (Å²) in [6.45, 7) is 7.50. The molecule has 0 bridgehead atoms. The second kappa shape index (κ2) is 7.00. The zero-order chi connectivity index (χ0) is 15.4. The molecule has 1 aromatic heterocycles. The second-order valence-corrected chi connectivity index (χ2v) is 6.06. The molecule has 0 aliphatic carbocycles. The minimum Gasteiger partial charge on any atom is -0.350 e. The van der Waals surface area contributed by atoms with Gasteiger partial charge in [0.1, 0.15) is 0 Å². The number of fused-ring (bicyclic) bond motifs is 1. The molecule has 0 aliphatic heterocycles. The minimum absolute atomic E-state index is 0.0617. The predicted octanol–water partition coefficient (Wildman–Crippen LogP) is 3.03. The monoisotopic (exact) mass is 349 g/mol. The highest BCUT2D eigenvalue weighted by Gasteiger charge is 2.13. The van der Waals surface area contributed by atoms with Crippen LogP contribution in [0.25, 0.3) is 10.9 Å². The molecule has 1 atom stereocenters. The number of pyridine rings is 1. The fourth-order valence-corrected chi connectivity index (χ4v) is 2.64. The van der Waals surface area contributed by atoms with Gasteiger partial charge in [0.25, 0.3) is 5.91 Å². The van der Waals surface area contributed by atoms with Crippen molar-refractivity contribution < 1.29 is 4.79 Å². The van der Waals surface area contributed by atoms with E-state index in [-0.39, 0.29) is 11.9 Å². The van der Waals surface area contributed by atoms with E-state index < -0.39 is 0 Å². The van der Waals surface area contributed by atoms with Gasteiger partial charge in [0.15, 0.2) is 0 Å². The Morgan fingerprint density at radius 1 is 1.38 bits per heavy atom. The highest BCUT2D eigenvalue weighted by molar-refractivity contribution is 9.10. The molecule has 0 spiro atoms. The number of aromatic nitrogens is 1. The van der Waals surface area contributed by atoms with Crippen LogP contribution in [0, 0.1) is 6.92 Å². The van der Waals surface area contributed by atoms with Gasteiger partial charge in [0.05, 0.1) is 11.1 Å². The van der Waals surface area contributed by atoms with Gasteiger partial charge in [0.2, 0.25) is 0 Å². The van der Waals surface area contributed by atoms with Crippen LogP contribution in [0.15, 0.2) is 28.7 Å². The number of benzene rings is 1. The third-order valence-corrected chi connectivity index (χ3v) is 3.76. The summed E-state index contributed by atoms with van der Waals surface area (Å²) >= 11 is 3.45. The van der Waals surface area contributed by atoms with Crippen LogP contribution >= 0.6 is 15.9 Å². The number of aryl methyl sites for hydroxylation is 1. The smallest absolute Gasteiger partial charge is 0.252 e. The molecular formula is C16H20BrN3O. The Bertz CT molecular complexity index is 657. The Hall–Kier alpha value is -1.46. The summed E-state index contributed by atoms with van der Waals surface area (Å²) in [4.78, 5) is 16.9. The summed E-state index contributed by atoms with van der Waals surface area (Å²) in [5, 5.41) is 7.12. The summed E-state index contributed by atoms with van der Waals surface area (Å²) in [6.07, 6.45) is 0. The number of nitrogens with one attached hydrogen (secondary N) is 2. The van der Waals surface area contributed by atoms with E-state index in [2.05, 4.69) is 45.4 Å². The Labute approximate surface area is 133 Å². The van der Waals surface area contributed by atoms with E-state index in [9.17, 15) is 4.79 Å². The summed E-state index contributed by atoms with van der Waals surface area (Å²) < 4.78 is 0.940. The Kier molecular flexibility index (Phi) is 5.31. The fourth-order valence-electron chi connectivity index (χ4n) is 2.28. The average Bonchev–Trinajstić information content (AvgIpc) is 2.44. The van der Waals surface area contributed by atoms with E-state index in [1.165, 1.54) is 0 Å². The van der Waals surface area contributed by atoms with E-state index in [1.54, 1.807) is 0 Å². The zero-order valence-corrected chi connectivity index (χ0v) is 14.1. The predicted molar refractivity (Wildman–Crippen MR) is 89.7 cm³/mol. The van der Waals surface area contributed by atoms with Crippen LogP contribution in [-0.2, 0) is 0 Å². The second-order valence-electron chi connectivity index (χ2n) is 5.14. The lowest BCUT2D eigenvalue weighted by Crippen LogP contribution is -2.38. The zero-order valence-electron chi connectivity index (χ0n) is 12.5. The van der Waals surface area contributed by atoms with Crippen LogP contribution in [0.1, 0.15) is 29.9 Å². The average molecular weight is 350 g/mol. The largest absolute Gasteiger partial charge is 0.350 e. The number of amides is 1. The van der Waals surface area contributed by atoms with Crippen molar-refractivity contribution >= 4 is 32.7 Å². The summed E-state index contributed by atoms with van der Waals surface area (Å²) in [6, 6.07) is 7.88. The van der Waals surface area contributed by atoms with E-state index in [1.807, 2.05) is 31.2 Å². The molecule has 0 saturated heterocycles. The molecule has 2 N–H and O–H groups in total. The van der Waals surface area contributed by atoms with Crippen molar-refractivity contribution in [3.05, 3.63) is 40.0 Å². The molecule has 1 aromatic carbocycles. The summed E-state index contributed by atoms with van der Waals surface area (Å²) in [5.74, 6) is -0.0617. The lowest BCUT2D eigenvalue weighted by atomic mass is 10.1. The molecule has 2 aromatic rings. The van der Waals surface area contributed by atoms with Gasteiger partial charge in [-0.15, -0.1) is 0 Å². The maximum absolute atomic E-state index is 12.4. The van der Waals surface area contributed by atoms with Crippen molar-refractivity contribution in [2.45, 2.75) is 26.8 Å². The van der Waals surface area contributed by atoms with Crippen molar-refractivity contribution in [3.8, 4) is 0 Å². The first-order chi connectivity index (χ1) is 10.0. The number of halogens is 1. The van der Waals surface area contributed by atoms with E-state index in [0.29, 0.717) is 12.1 Å². The summed E-state index contributed by atoms with van der Waals surface area (Å²) in [7, 11) is 0. The lowest BCUT2D eigenvalue weighted by molar-refractivity contribution is 0.0951. The molecule has 1 heterocycles. The molecule has 112 valence electrons. The number of hydrogen-bond acceptors (Lipinski definition) is 3. The molecule has 21 heavy (non-hydrogen) atoms. The molecule has 5 heteroatoms. The van der Waals surface area contributed by atoms with Crippen molar-refractivity contribution in [1.29, 1.82) is 0 Å². The maximum Gasteiger partial charge on any atom is 0.252 e. The number of carbonyl (C=O) groups excluding carboxylic acids is 1. The van der Waals surface area contributed by atoms with Crippen LogP contribution in [0.4, 0.5) is 0 Å². The van der Waals surface area contributed by atoms with Gasteiger partial charge < -0.3 is 10.6 Å². The molecular weight excluding hydrogens is 330 g/mol. The molecule has 2 rings (SSSR count). The Morgan fingerprint density at radius 2 is 2.14 bits per heavy atom. The van der Waals surface area contributed by atoms with Gasteiger partial charge in [-0.3, -0.25) is 9.78 Å². The van der Waals surface area contributed by atoms with Crippen LogP contribution in [-0.4, -0.2) is 30.0 Å². The number of hydrogen-bond donors (Lipinski definition) is 2. The van der Waals surface area contributed by atoms with Crippen molar-refractivity contribution in [2.75, 3.05) is 13.1 Å². The van der Waals surface area contributed by atoms with Gasteiger partial charge in [-0.1, -0.05) is 22.9 Å². The summed E-state index contributed by atoms with van der Waals surface area (Å²) in [5.41, 5.74) is 2.35.